The van der Waals surface area contributed by atoms with Crippen LogP contribution in [0.3, 0.4) is 0 Å². The van der Waals surface area contributed by atoms with Gasteiger partial charge in [-0.2, -0.15) is 0 Å². The van der Waals surface area contributed by atoms with Crippen LogP contribution in [0.2, 0.25) is 0 Å². The minimum absolute atomic E-state index is 0.311. The summed E-state index contributed by atoms with van der Waals surface area (Å²) >= 11 is 0. The van der Waals surface area contributed by atoms with Crippen LogP contribution in [-0.2, 0) is 19.4 Å². The number of aryl methyl sites for hydroxylation is 1. The maximum Gasteiger partial charge on any atom is 0.109 e. The van der Waals surface area contributed by atoms with E-state index < -0.39 is 0 Å². The summed E-state index contributed by atoms with van der Waals surface area (Å²) < 4.78 is 2.38. The number of aliphatic hydroxyl groups is 1. The van der Waals surface area contributed by atoms with E-state index in [-0.39, 0.29) is 0 Å². The van der Waals surface area contributed by atoms with Crippen molar-refractivity contribution in [2.45, 2.75) is 38.6 Å². The largest absolute Gasteiger partial charge is 0.396 e. The standard InChI is InChI=1S/C15H25N3O/c1-17-6-4-12(5-7-17)8-15-16-9-14-3-2-13(11-19)10-18(14)15/h9,12-13,19H,2-8,10-11H2,1H3. The van der Waals surface area contributed by atoms with E-state index >= 15 is 0 Å². The van der Waals surface area contributed by atoms with E-state index in [0.717, 1.165) is 31.7 Å². The van der Waals surface area contributed by atoms with E-state index in [1.165, 1.54) is 37.4 Å². The van der Waals surface area contributed by atoms with Gasteiger partial charge in [-0.1, -0.05) is 0 Å². The molecule has 3 rings (SSSR count). The monoisotopic (exact) mass is 263 g/mol. The molecule has 106 valence electrons. The van der Waals surface area contributed by atoms with Gasteiger partial charge >= 0.3 is 0 Å². The summed E-state index contributed by atoms with van der Waals surface area (Å²) in [6.07, 6.45) is 7.94. The highest BCUT2D eigenvalue weighted by molar-refractivity contribution is 5.09. The van der Waals surface area contributed by atoms with Gasteiger partial charge in [0.05, 0.1) is 0 Å². The summed E-state index contributed by atoms with van der Waals surface area (Å²) in [6.45, 7) is 3.72. The van der Waals surface area contributed by atoms with Crippen LogP contribution in [0.4, 0.5) is 0 Å². The third-order valence-corrected chi connectivity index (χ3v) is 4.84. The van der Waals surface area contributed by atoms with E-state index in [9.17, 15) is 5.11 Å². The Bertz CT molecular complexity index is 421. The molecule has 1 aromatic rings. The molecule has 1 N–H and O–H groups in total. The van der Waals surface area contributed by atoms with Gasteiger partial charge in [0.15, 0.2) is 0 Å². The lowest BCUT2D eigenvalue weighted by Crippen LogP contribution is -2.32. The molecular weight excluding hydrogens is 238 g/mol. The van der Waals surface area contributed by atoms with E-state index in [4.69, 9.17) is 0 Å². The topological polar surface area (TPSA) is 41.3 Å². The fraction of sp³-hybridized carbons (Fsp3) is 0.800. The lowest BCUT2D eigenvalue weighted by atomic mass is 9.93. The highest BCUT2D eigenvalue weighted by atomic mass is 16.3. The predicted octanol–water partition coefficient (Wildman–Crippen LogP) is 1.32. The molecule has 1 fully saturated rings. The van der Waals surface area contributed by atoms with Crippen molar-refractivity contribution in [2.75, 3.05) is 26.7 Å². The minimum atomic E-state index is 0.311. The third-order valence-electron chi connectivity index (χ3n) is 4.84. The van der Waals surface area contributed by atoms with Gasteiger partial charge in [0.2, 0.25) is 0 Å². The van der Waals surface area contributed by atoms with Crippen molar-refractivity contribution in [3.8, 4) is 0 Å². The first-order valence-electron chi connectivity index (χ1n) is 7.59. The molecule has 0 amide bonds. The Morgan fingerprint density at radius 3 is 2.79 bits per heavy atom. The molecule has 19 heavy (non-hydrogen) atoms. The molecule has 0 radical (unpaired) electrons. The molecule has 4 nitrogen and oxygen atoms in total. The number of piperidine rings is 1. The van der Waals surface area contributed by atoms with Gasteiger partial charge in [0, 0.05) is 37.4 Å². The predicted molar refractivity (Wildman–Crippen MR) is 75.0 cm³/mol. The molecule has 1 atom stereocenters. The maximum atomic E-state index is 9.36. The van der Waals surface area contributed by atoms with Crippen LogP contribution < -0.4 is 0 Å². The molecule has 1 aromatic heterocycles. The molecular formula is C15H25N3O. The highest BCUT2D eigenvalue weighted by Crippen LogP contribution is 2.25. The molecule has 2 aliphatic rings. The molecule has 0 aliphatic carbocycles. The molecule has 0 spiro atoms. The molecule has 4 heteroatoms. The van der Waals surface area contributed by atoms with Gasteiger partial charge in [-0.05, 0) is 51.7 Å². The van der Waals surface area contributed by atoms with Crippen LogP contribution in [0.5, 0.6) is 0 Å². The number of hydrogen-bond donors (Lipinski definition) is 1. The summed E-state index contributed by atoms with van der Waals surface area (Å²) in [5.74, 6) is 2.47. The quantitative estimate of drug-likeness (QED) is 0.894. The first-order chi connectivity index (χ1) is 9.26. The zero-order valence-corrected chi connectivity index (χ0v) is 11.9. The zero-order valence-electron chi connectivity index (χ0n) is 11.9. The lowest BCUT2D eigenvalue weighted by Gasteiger charge is -2.29. The van der Waals surface area contributed by atoms with Gasteiger partial charge in [-0.25, -0.2) is 4.98 Å². The van der Waals surface area contributed by atoms with E-state index in [1.807, 2.05) is 0 Å². The van der Waals surface area contributed by atoms with Crippen LogP contribution in [0.25, 0.3) is 0 Å². The normalized spacial score (nSPS) is 25.5. The highest BCUT2D eigenvalue weighted by Gasteiger charge is 2.24. The summed E-state index contributed by atoms with van der Waals surface area (Å²) in [5.41, 5.74) is 1.37. The van der Waals surface area contributed by atoms with Gasteiger partial charge in [0.1, 0.15) is 5.82 Å². The SMILES string of the molecule is CN1CCC(Cc2ncc3n2CC(CO)CC3)CC1. The molecule has 2 aliphatic heterocycles. The van der Waals surface area contributed by atoms with Crippen LogP contribution in [0.1, 0.15) is 30.8 Å². The molecule has 1 saturated heterocycles. The smallest absolute Gasteiger partial charge is 0.109 e. The number of rotatable bonds is 3. The Morgan fingerprint density at radius 1 is 1.26 bits per heavy atom. The van der Waals surface area contributed by atoms with Crippen LogP contribution in [0, 0.1) is 11.8 Å². The number of imidazole rings is 1. The van der Waals surface area contributed by atoms with Crippen molar-refractivity contribution >= 4 is 0 Å². The Balaban J connectivity index is 1.67. The number of nitrogens with zero attached hydrogens (tertiary/aromatic N) is 3. The Kier molecular flexibility index (Phi) is 3.89. The van der Waals surface area contributed by atoms with Gasteiger partial charge in [0.25, 0.3) is 0 Å². The first kappa shape index (κ1) is 13.1. The summed E-state index contributed by atoms with van der Waals surface area (Å²) in [6, 6.07) is 0. The number of aromatic nitrogens is 2. The van der Waals surface area contributed by atoms with E-state index in [1.54, 1.807) is 0 Å². The van der Waals surface area contributed by atoms with Crippen molar-refractivity contribution in [2.24, 2.45) is 11.8 Å². The summed E-state index contributed by atoms with van der Waals surface area (Å²) in [5, 5.41) is 9.36. The van der Waals surface area contributed by atoms with Gasteiger partial charge < -0.3 is 14.6 Å². The number of likely N-dealkylation sites (tertiary alicyclic amines) is 1. The van der Waals surface area contributed by atoms with Gasteiger partial charge in [-0.15, -0.1) is 0 Å². The number of aliphatic hydroxyl groups excluding tert-OH is 1. The second-order valence-electron chi connectivity index (χ2n) is 6.31. The Hall–Kier alpha value is -0.870. The van der Waals surface area contributed by atoms with E-state index in [0.29, 0.717) is 12.5 Å². The summed E-state index contributed by atoms with van der Waals surface area (Å²) in [4.78, 5) is 7.06. The van der Waals surface area contributed by atoms with Crippen molar-refractivity contribution in [3.63, 3.8) is 0 Å². The maximum absolute atomic E-state index is 9.36. The molecule has 3 heterocycles. The van der Waals surface area contributed by atoms with Crippen LogP contribution in [-0.4, -0.2) is 46.3 Å². The fourth-order valence-corrected chi connectivity index (χ4v) is 3.41. The molecule has 1 unspecified atom stereocenters. The average Bonchev–Trinajstić information content (AvgIpc) is 2.84. The van der Waals surface area contributed by atoms with Crippen molar-refractivity contribution in [1.29, 1.82) is 0 Å². The molecule has 0 bridgehead atoms. The summed E-state index contributed by atoms with van der Waals surface area (Å²) in [7, 11) is 2.21. The second kappa shape index (κ2) is 5.63. The number of fused-ring (bicyclic) bond motifs is 1. The number of hydrogen-bond acceptors (Lipinski definition) is 3. The fourth-order valence-electron chi connectivity index (χ4n) is 3.41. The molecule has 0 saturated carbocycles. The first-order valence-corrected chi connectivity index (χ1v) is 7.59. The van der Waals surface area contributed by atoms with Gasteiger partial charge in [-0.3, -0.25) is 0 Å². The Labute approximate surface area is 115 Å². The van der Waals surface area contributed by atoms with Crippen molar-refractivity contribution in [3.05, 3.63) is 17.7 Å². The van der Waals surface area contributed by atoms with E-state index in [2.05, 4.69) is 27.7 Å². The zero-order chi connectivity index (χ0) is 13.2. The minimum Gasteiger partial charge on any atom is -0.396 e. The second-order valence-corrected chi connectivity index (χ2v) is 6.31. The average molecular weight is 263 g/mol. The molecule has 0 aromatic carbocycles. The Morgan fingerprint density at radius 2 is 2.05 bits per heavy atom. The van der Waals surface area contributed by atoms with Crippen molar-refractivity contribution < 1.29 is 5.11 Å². The van der Waals surface area contributed by atoms with Crippen LogP contribution >= 0.6 is 0 Å². The third kappa shape index (κ3) is 2.84. The lowest BCUT2D eigenvalue weighted by molar-refractivity contribution is 0.187. The van der Waals surface area contributed by atoms with Crippen LogP contribution in [0.15, 0.2) is 6.20 Å². The van der Waals surface area contributed by atoms with Crippen molar-refractivity contribution in [1.82, 2.24) is 14.5 Å².